The maximum absolute atomic E-state index is 12.4. The number of halogens is 2. The van der Waals surface area contributed by atoms with Crippen molar-refractivity contribution in [3.05, 3.63) is 58.1 Å². The molecule has 0 aliphatic carbocycles. The van der Waals surface area contributed by atoms with E-state index in [-0.39, 0.29) is 26.5 Å². The lowest BCUT2D eigenvalue weighted by Gasteiger charge is -2.09. The topological polar surface area (TPSA) is 43.4 Å². The van der Waals surface area contributed by atoms with Crippen LogP contribution in [0.5, 0.6) is 5.75 Å². The highest BCUT2D eigenvalue weighted by Crippen LogP contribution is 2.28. The molecule has 0 saturated carbocycles. The number of rotatable bonds is 5. The molecule has 0 aromatic heterocycles. The van der Waals surface area contributed by atoms with Crippen LogP contribution in [0.1, 0.15) is 10.4 Å². The highest BCUT2D eigenvalue weighted by atomic mass is 35.5. The highest BCUT2D eigenvalue weighted by molar-refractivity contribution is 7.86. The number of ketones is 1. The summed E-state index contributed by atoms with van der Waals surface area (Å²) < 4.78 is 17.5. The molecule has 3 nitrogen and oxygen atoms in total. The Morgan fingerprint density at radius 2 is 1.71 bits per heavy atom. The quantitative estimate of drug-likeness (QED) is 0.771. The molecule has 21 heavy (non-hydrogen) atoms. The van der Waals surface area contributed by atoms with Crippen molar-refractivity contribution in [3.63, 3.8) is 0 Å². The lowest BCUT2D eigenvalue weighted by Crippen LogP contribution is -2.12. The van der Waals surface area contributed by atoms with E-state index >= 15 is 0 Å². The number of carbonyl (C=O) groups is 1. The van der Waals surface area contributed by atoms with Crippen LogP contribution in [0, 0.1) is 0 Å². The number of Topliss-reactive ketones (excluding diaryl/α,β-unsaturated/α-hetero) is 1. The molecule has 0 bridgehead atoms. The molecule has 110 valence electrons. The maximum Gasteiger partial charge on any atom is 0.179 e. The van der Waals surface area contributed by atoms with Crippen LogP contribution in [-0.4, -0.2) is 22.9 Å². The molecule has 0 spiro atoms. The second-order valence-corrected chi connectivity index (χ2v) is 6.37. The minimum atomic E-state index is -1.62. The van der Waals surface area contributed by atoms with Crippen LogP contribution in [0.3, 0.4) is 0 Å². The molecule has 0 N–H and O–H groups in total. The molecule has 6 heteroatoms. The van der Waals surface area contributed by atoms with E-state index in [0.29, 0.717) is 11.3 Å². The number of ether oxygens (including phenoxy) is 1. The third-order valence-corrected chi connectivity index (χ3v) is 5.09. The van der Waals surface area contributed by atoms with Crippen molar-refractivity contribution in [2.45, 2.75) is 4.90 Å². The van der Waals surface area contributed by atoms with Crippen molar-refractivity contribution in [2.24, 2.45) is 0 Å². The van der Waals surface area contributed by atoms with Crippen molar-refractivity contribution in [1.82, 2.24) is 0 Å². The van der Waals surface area contributed by atoms with Gasteiger partial charge in [0, 0.05) is 0 Å². The number of hydrogen-bond acceptors (Lipinski definition) is 3. The Balaban J connectivity index is 2.26. The largest absolute Gasteiger partial charge is 0.496 e. The Morgan fingerprint density at radius 1 is 1.10 bits per heavy atom. The summed E-state index contributed by atoms with van der Waals surface area (Å²) in [6.07, 6.45) is 0. The average molecular weight is 343 g/mol. The number of para-hydroxylation sites is 1. The van der Waals surface area contributed by atoms with Crippen LogP contribution >= 0.6 is 23.2 Å². The van der Waals surface area contributed by atoms with E-state index in [1.807, 2.05) is 0 Å². The van der Waals surface area contributed by atoms with Gasteiger partial charge in [-0.15, -0.1) is 0 Å². The molecular formula is C15H12Cl2O3S. The van der Waals surface area contributed by atoms with Gasteiger partial charge in [-0.1, -0.05) is 41.4 Å². The summed E-state index contributed by atoms with van der Waals surface area (Å²) in [5.74, 6) is -0.0457. The number of carbonyl (C=O) groups excluding carboxylic acids is 1. The van der Waals surface area contributed by atoms with Crippen LogP contribution in [-0.2, 0) is 10.8 Å². The monoisotopic (exact) mass is 342 g/mol. The van der Waals surface area contributed by atoms with Gasteiger partial charge in [0.1, 0.15) is 5.75 Å². The summed E-state index contributed by atoms with van der Waals surface area (Å²) in [6, 6.07) is 11.6. The van der Waals surface area contributed by atoms with E-state index in [1.165, 1.54) is 7.11 Å². The SMILES string of the molecule is COc1ccccc1C(=O)CS(=O)c1c(Cl)cccc1Cl. The van der Waals surface area contributed by atoms with Crippen LogP contribution < -0.4 is 4.74 Å². The first-order valence-electron chi connectivity index (χ1n) is 6.03. The average Bonchev–Trinajstić information content (AvgIpc) is 2.46. The molecule has 0 radical (unpaired) electrons. The molecule has 2 aromatic rings. The molecule has 0 amide bonds. The molecule has 0 aliphatic rings. The van der Waals surface area contributed by atoms with Crippen molar-refractivity contribution >= 4 is 39.8 Å². The van der Waals surface area contributed by atoms with Gasteiger partial charge in [-0.05, 0) is 24.3 Å². The predicted molar refractivity (Wildman–Crippen MR) is 85.1 cm³/mol. The van der Waals surface area contributed by atoms with Gasteiger partial charge in [0.05, 0.1) is 44.2 Å². The summed E-state index contributed by atoms with van der Waals surface area (Å²) in [4.78, 5) is 12.6. The van der Waals surface area contributed by atoms with E-state index in [1.54, 1.807) is 42.5 Å². The Kier molecular flexibility index (Phi) is 5.39. The molecule has 0 fully saturated rings. The van der Waals surface area contributed by atoms with Gasteiger partial charge < -0.3 is 4.74 Å². The zero-order chi connectivity index (χ0) is 15.4. The highest BCUT2D eigenvalue weighted by Gasteiger charge is 2.19. The summed E-state index contributed by atoms with van der Waals surface area (Å²) >= 11 is 12.0. The maximum atomic E-state index is 12.4. The van der Waals surface area contributed by atoms with E-state index in [4.69, 9.17) is 27.9 Å². The van der Waals surface area contributed by atoms with Crippen LogP contribution in [0.2, 0.25) is 10.0 Å². The van der Waals surface area contributed by atoms with Crippen molar-refractivity contribution < 1.29 is 13.7 Å². The van der Waals surface area contributed by atoms with Gasteiger partial charge in [-0.25, -0.2) is 0 Å². The van der Waals surface area contributed by atoms with Gasteiger partial charge in [0.25, 0.3) is 0 Å². The summed E-state index contributed by atoms with van der Waals surface area (Å²) in [5, 5.41) is 0.572. The Morgan fingerprint density at radius 3 is 2.33 bits per heavy atom. The van der Waals surface area contributed by atoms with E-state index in [0.717, 1.165) is 0 Å². The summed E-state index contributed by atoms with van der Waals surface area (Å²) in [6.45, 7) is 0. The van der Waals surface area contributed by atoms with Gasteiger partial charge in [0.2, 0.25) is 0 Å². The zero-order valence-corrected chi connectivity index (χ0v) is 13.5. The Labute approximate surface area is 135 Å². The first-order chi connectivity index (χ1) is 10.0. The fraction of sp³-hybridized carbons (Fsp3) is 0.133. The zero-order valence-electron chi connectivity index (χ0n) is 11.1. The number of hydrogen-bond donors (Lipinski definition) is 0. The minimum absolute atomic E-state index is 0.205. The van der Waals surface area contributed by atoms with Crippen LogP contribution in [0.25, 0.3) is 0 Å². The second-order valence-electron chi connectivity index (χ2n) is 4.16. The van der Waals surface area contributed by atoms with Crippen molar-refractivity contribution in [3.8, 4) is 5.75 Å². The molecule has 1 unspecified atom stereocenters. The normalized spacial score (nSPS) is 12.0. The molecular weight excluding hydrogens is 331 g/mol. The molecule has 2 aromatic carbocycles. The third-order valence-electron chi connectivity index (χ3n) is 2.82. The standard InChI is InChI=1S/C15H12Cl2O3S/c1-20-14-8-3-2-5-10(14)13(18)9-21(19)15-11(16)6-4-7-12(15)17/h2-8H,9H2,1H3. The fourth-order valence-corrected chi connectivity index (χ4v) is 3.87. The van der Waals surface area contributed by atoms with Crippen LogP contribution in [0.15, 0.2) is 47.4 Å². The van der Waals surface area contributed by atoms with E-state index in [9.17, 15) is 9.00 Å². The first-order valence-corrected chi connectivity index (χ1v) is 8.10. The molecule has 0 aliphatic heterocycles. The summed E-state index contributed by atoms with van der Waals surface area (Å²) in [5.41, 5.74) is 0.386. The van der Waals surface area contributed by atoms with Gasteiger partial charge >= 0.3 is 0 Å². The predicted octanol–water partition coefficient (Wildman–Crippen LogP) is 3.99. The minimum Gasteiger partial charge on any atom is -0.496 e. The lowest BCUT2D eigenvalue weighted by atomic mass is 10.1. The molecule has 0 saturated heterocycles. The van der Waals surface area contributed by atoms with Crippen molar-refractivity contribution in [2.75, 3.05) is 12.9 Å². The lowest BCUT2D eigenvalue weighted by molar-refractivity contribution is 0.101. The van der Waals surface area contributed by atoms with E-state index < -0.39 is 10.8 Å². The Bertz CT molecular complexity index is 681. The van der Waals surface area contributed by atoms with Gasteiger partial charge in [0.15, 0.2) is 5.78 Å². The van der Waals surface area contributed by atoms with E-state index in [2.05, 4.69) is 0 Å². The van der Waals surface area contributed by atoms with Crippen molar-refractivity contribution in [1.29, 1.82) is 0 Å². The second kappa shape index (κ2) is 7.07. The van der Waals surface area contributed by atoms with Crippen LogP contribution in [0.4, 0.5) is 0 Å². The number of benzene rings is 2. The third kappa shape index (κ3) is 3.64. The van der Waals surface area contributed by atoms with Gasteiger partial charge in [-0.3, -0.25) is 9.00 Å². The Hall–Kier alpha value is -1.36. The number of methoxy groups -OCH3 is 1. The first kappa shape index (κ1) is 16.0. The molecule has 0 heterocycles. The molecule has 2 rings (SSSR count). The molecule has 1 atom stereocenters. The summed E-state index contributed by atoms with van der Waals surface area (Å²) in [7, 11) is -0.136. The fourth-order valence-electron chi connectivity index (χ4n) is 1.84. The smallest absolute Gasteiger partial charge is 0.179 e. The van der Waals surface area contributed by atoms with Gasteiger partial charge in [-0.2, -0.15) is 0 Å².